The van der Waals surface area contributed by atoms with Crippen LogP contribution in [0.1, 0.15) is 40.0 Å². The van der Waals surface area contributed by atoms with Gasteiger partial charge in [0.2, 0.25) is 0 Å². The molecule has 0 aliphatic heterocycles. The minimum absolute atomic E-state index is 0.0178. The molecule has 3 aromatic rings. The molecule has 1 unspecified atom stereocenters. The average molecular weight is 529 g/mol. The van der Waals surface area contributed by atoms with Gasteiger partial charge in [-0.15, -0.1) is 0 Å². The summed E-state index contributed by atoms with van der Waals surface area (Å²) in [5.41, 5.74) is 12.0. The number of carboxylic acid groups (broad SMARTS) is 2. The van der Waals surface area contributed by atoms with Crippen LogP contribution in [0.15, 0.2) is 72.8 Å². The Hall–Kier alpha value is -3.36. The number of nitrogens with two attached hydrogens (primary N) is 1. The van der Waals surface area contributed by atoms with E-state index in [9.17, 15) is 14.7 Å². The molecular weight excluding hydrogens is 503 g/mol. The Balaban J connectivity index is 0.000000392. The van der Waals surface area contributed by atoms with Crippen molar-refractivity contribution in [2.75, 3.05) is 12.3 Å². The number of aliphatic carboxylic acids is 2. The second-order valence-corrected chi connectivity index (χ2v) is 8.98. The number of hydrogen-bond acceptors (Lipinski definition) is 5. The average Bonchev–Trinajstić information content (AvgIpc) is 3.01. The van der Waals surface area contributed by atoms with Crippen LogP contribution in [-0.4, -0.2) is 33.8 Å². The van der Waals surface area contributed by atoms with Crippen LogP contribution in [0, 0.1) is 0 Å². The van der Waals surface area contributed by atoms with Gasteiger partial charge in [0.05, 0.1) is 27.9 Å². The summed E-state index contributed by atoms with van der Waals surface area (Å²) in [6, 6.07) is 20.4. The Bertz CT molecular complexity index is 1190. The molecule has 36 heavy (non-hydrogen) atoms. The zero-order valence-electron chi connectivity index (χ0n) is 19.2. The maximum Gasteiger partial charge on any atom is 0.328 e. The largest absolute Gasteiger partial charge is 0.478 e. The number of aryl methyl sites for hydroxylation is 2. The molecule has 6 N–H and O–H groups in total. The molecule has 0 fully saturated rings. The van der Waals surface area contributed by atoms with E-state index in [-0.39, 0.29) is 6.04 Å². The van der Waals surface area contributed by atoms with Gasteiger partial charge in [-0.1, -0.05) is 71.7 Å². The smallest absolute Gasteiger partial charge is 0.328 e. The Morgan fingerprint density at radius 1 is 0.917 bits per heavy atom. The molecule has 9 heteroatoms. The highest BCUT2D eigenvalue weighted by atomic mass is 35.5. The first-order valence-electron chi connectivity index (χ1n) is 11.1. The van der Waals surface area contributed by atoms with E-state index in [0.717, 1.165) is 12.8 Å². The molecule has 0 amide bonds. The van der Waals surface area contributed by atoms with Crippen LogP contribution in [0.5, 0.6) is 0 Å². The first kappa shape index (κ1) is 27.2. The number of benzene rings is 3. The molecule has 1 atom stereocenters. The number of fused-ring (bicyclic) bond motifs is 2. The van der Waals surface area contributed by atoms with Crippen molar-refractivity contribution in [2.24, 2.45) is 0 Å². The molecule has 4 rings (SSSR count). The van der Waals surface area contributed by atoms with Gasteiger partial charge in [-0.3, -0.25) is 0 Å². The molecule has 7 nitrogen and oxygen atoms in total. The maximum atomic E-state index is 10.7. The van der Waals surface area contributed by atoms with Crippen LogP contribution in [-0.2, 0) is 22.4 Å². The standard InChI is InChI=1S/C23H22Cl2N2O.C4H4O4/c24-19-11-16(12-20(25)22(19)26)21(28)13-27-23-17-7-3-1-5-14(17)9-10-15-6-2-4-8-18(15)23;5-3(6)1-2-4(7)8/h1-8,11-12,21,23,27-28H,9-10,13,26H2;1-2H,(H,5,6)(H,7,8). The maximum absolute atomic E-state index is 10.7. The number of carboxylic acids is 2. The van der Waals surface area contributed by atoms with Crippen molar-refractivity contribution in [3.63, 3.8) is 0 Å². The first-order chi connectivity index (χ1) is 17.2. The summed E-state index contributed by atoms with van der Waals surface area (Å²) in [4.78, 5) is 19.1. The van der Waals surface area contributed by atoms with Crippen molar-refractivity contribution in [1.82, 2.24) is 5.32 Å². The van der Waals surface area contributed by atoms with E-state index in [4.69, 9.17) is 39.1 Å². The summed E-state index contributed by atoms with van der Waals surface area (Å²) >= 11 is 12.3. The third-order valence-electron chi connectivity index (χ3n) is 5.77. The summed E-state index contributed by atoms with van der Waals surface area (Å²) in [6.45, 7) is 0.365. The highest BCUT2D eigenvalue weighted by Gasteiger charge is 2.24. The molecule has 0 radical (unpaired) electrons. The van der Waals surface area contributed by atoms with E-state index >= 15 is 0 Å². The van der Waals surface area contributed by atoms with E-state index in [2.05, 4.69) is 53.8 Å². The lowest BCUT2D eigenvalue weighted by Gasteiger charge is -2.24. The van der Waals surface area contributed by atoms with Crippen molar-refractivity contribution in [2.45, 2.75) is 25.0 Å². The molecule has 0 bridgehead atoms. The number of rotatable bonds is 6. The summed E-state index contributed by atoms with van der Waals surface area (Å²) in [7, 11) is 0. The topological polar surface area (TPSA) is 133 Å². The molecule has 3 aromatic carbocycles. The van der Waals surface area contributed by atoms with Crippen molar-refractivity contribution in [3.05, 3.63) is 111 Å². The number of nitrogens with one attached hydrogen (secondary N) is 1. The number of nitrogen functional groups attached to an aromatic ring is 1. The fourth-order valence-electron chi connectivity index (χ4n) is 4.03. The van der Waals surface area contributed by atoms with E-state index in [1.165, 1.54) is 22.3 Å². The summed E-state index contributed by atoms with van der Waals surface area (Å²) in [5.74, 6) is -2.51. The van der Waals surface area contributed by atoms with Gasteiger partial charge >= 0.3 is 11.9 Å². The van der Waals surface area contributed by atoms with Gasteiger partial charge in [0.15, 0.2) is 0 Å². The van der Waals surface area contributed by atoms with Gasteiger partial charge in [0.25, 0.3) is 0 Å². The Morgan fingerprint density at radius 2 is 1.36 bits per heavy atom. The first-order valence-corrected chi connectivity index (χ1v) is 11.9. The lowest BCUT2D eigenvalue weighted by atomic mass is 9.94. The van der Waals surface area contributed by atoms with Crippen LogP contribution in [0.3, 0.4) is 0 Å². The summed E-state index contributed by atoms with van der Waals surface area (Å²) < 4.78 is 0. The monoisotopic (exact) mass is 528 g/mol. The van der Waals surface area contributed by atoms with Crippen molar-refractivity contribution < 1.29 is 24.9 Å². The van der Waals surface area contributed by atoms with Crippen molar-refractivity contribution in [1.29, 1.82) is 0 Å². The lowest BCUT2D eigenvalue weighted by molar-refractivity contribution is -0.134. The zero-order valence-corrected chi connectivity index (χ0v) is 20.7. The Morgan fingerprint density at radius 3 is 1.81 bits per heavy atom. The molecule has 0 saturated heterocycles. The molecule has 1 aliphatic rings. The minimum atomic E-state index is -1.26. The van der Waals surface area contributed by atoms with Crippen LogP contribution in [0.25, 0.3) is 0 Å². The third kappa shape index (κ3) is 7.08. The molecule has 188 valence electrons. The number of hydrogen-bond donors (Lipinski definition) is 5. The zero-order chi connectivity index (χ0) is 26.2. The summed E-state index contributed by atoms with van der Waals surface area (Å²) in [6.07, 6.45) is 2.39. The highest BCUT2D eigenvalue weighted by Crippen LogP contribution is 2.34. The van der Waals surface area contributed by atoms with E-state index in [1.807, 2.05) is 0 Å². The second-order valence-electron chi connectivity index (χ2n) is 8.16. The number of halogens is 2. The van der Waals surface area contributed by atoms with E-state index < -0.39 is 18.0 Å². The molecule has 0 aromatic heterocycles. The third-order valence-corrected chi connectivity index (χ3v) is 6.39. The molecule has 1 aliphatic carbocycles. The molecular formula is C27H26Cl2N2O5. The minimum Gasteiger partial charge on any atom is -0.478 e. The van der Waals surface area contributed by atoms with Gasteiger partial charge in [-0.2, -0.15) is 0 Å². The molecule has 0 saturated carbocycles. The van der Waals surface area contributed by atoms with Gasteiger partial charge in [-0.25, -0.2) is 9.59 Å². The fraction of sp³-hybridized carbons (Fsp3) is 0.185. The van der Waals surface area contributed by atoms with Gasteiger partial charge in [-0.05, 0) is 52.8 Å². The number of carbonyl (C=O) groups is 2. The molecule has 0 spiro atoms. The van der Waals surface area contributed by atoms with Crippen LogP contribution in [0.4, 0.5) is 5.69 Å². The van der Waals surface area contributed by atoms with E-state index in [0.29, 0.717) is 40.0 Å². The predicted octanol–water partition coefficient (Wildman–Crippen LogP) is 4.80. The van der Waals surface area contributed by atoms with Crippen molar-refractivity contribution in [3.8, 4) is 0 Å². The van der Waals surface area contributed by atoms with Crippen LogP contribution < -0.4 is 11.1 Å². The number of anilines is 1. The van der Waals surface area contributed by atoms with Gasteiger partial charge in [0, 0.05) is 18.7 Å². The normalized spacial score (nSPS) is 13.6. The lowest BCUT2D eigenvalue weighted by Crippen LogP contribution is -2.28. The Kier molecular flexibility index (Phi) is 9.50. The summed E-state index contributed by atoms with van der Waals surface area (Å²) in [5, 5.41) is 30.6. The highest BCUT2D eigenvalue weighted by molar-refractivity contribution is 6.38. The van der Waals surface area contributed by atoms with Crippen molar-refractivity contribution >= 4 is 40.8 Å². The van der Waals surface area contributed by atoms with E-state index in [1.54, 1.807) is 12.1 Å². The van der Waals surface area contributed by atoms with Crippen LogP contribution >= 0.6 is 23.2 Å². The molecule has 0 heterocycles. The quantitative estimate of drug-likeness (QED) is 0.229. The predicted molar refractivity (Wildman–Crippen MR) is 140 cm³/mol. The van der Waals surface area contributed by atoms with Gasteiger partial charge < -0.3 is 26.4 Å². The second kappa shape index (κ2) is 12.6. The number of aliphatic hydroxyl groups excluding tert-OH is 1. The van der Waals surface area contributed by atoms with Crippen LogP contribution in [0.2, 0.25) is 10.0 Å². The Labute approximate surface area is 218 Å². The number of aliphatic hydroxyl groups is 1. The SMILES string of the molecule is Nc1c(Cl)cc(C(O)CNC2c3ccccc3CCc3ccccc32)cc1Cl.O=C(O)C=CC(=O)O. The van der Waals surface area contributed by atoms with Gasteiger partial charge in [0.1, 0.15) is 0 Å². The fourth-order valence-corrected chi connectivity index (χ4v) is 4.53.